The smallest absolute Gasteiger partial charge is 0.317 e. The molecule has 1 saturated heterocycles. The summed E-state index contributed by atoms with van der Waals surface area (Å²) in [5.74, 6) is 2.03. The van der Waals surface area contributed by atoms with E-state index in [1.807, 2.05) is 30.0 Å². The van der Waals surface area contributed by atoms with Crippen molar-refractivity contribution >= 4 is 6.03 Å². The Labute approximate surface area is 127 Å². The van der Waals surface area contributed by atoms with Crippen LogP contribution in [-0.2, 0) is 6.54 Å². The van der Waals surface area contributed by atoms with Crippen LogP contribution in [-0.4, -0.2) is 31.1 Å². The summed E-state index contributed by atoms with van der Waals surface area (Å²) < 4.78 is 5.31. The normalized spacial score (nSPS) is 22.0. The minimum atomic E-state index is 0.0351. The average Bonchev–Trinajstić information content (AvgIpc) is 2.45. The molecule has 1 N–H and O–H groups in total. The SMILES string of the molecule is COc1cc(CNC(=O)N2CC(C)CC(C)C2)ccc1C. The quantitative estimate of drug-likeness (QED) is 0.929. The molecule has 0 radical (unpaired) electrons. The van der Waals surface area contributed by atoms with Crippen LogP contribution in [0.5, 0.6) is 5.75 Å². The van der Waals surface area contributed by atoms with E-state index in [1.165, 1.54) is 6.42 Å². The van der Waals surface area contributed by atoms with Gasteiger partial charge in [-0.3, -0.25) is 0 Å². The fourth-order valence-corrected chi connectivity index (χ4v) is 3.09. The van der Waals surface area contributed by atoms with Gasteiger partial charge in [-0.1, -0.05) is 26.0 Å². The number of carbonyl (C=O) groups excluding carboxylic acids is 1. The topological polar surface area (TPSA) is 41.6 Å². The summed E-state index contributed by atoms with van der Waals surface area (Å²) in [7, 11) is 1.67. The summed E-state index contributed by atoms with van der Waals surface area (Å²) in [4.78, 5) is 14.2. The Balaban J connectivity index is 1.91. The second kappa shape index (κ2) is 6.83. The Bertz CT molecular complexity index is 492. The van der Waals surface area contributed by atoms with E-state index in [2.05, 4.69) is 19.2 Å². The van der Waals surface area contributed by atoms with Gasteiger partial charge in [0.2, 0.25) is 0 Å². The third-order valence-corrected chi connectivity index (χ3v) is 4.07. The van der Waals surface area contributed by atoms with E-state index in [0.717, 1.165) is 30.0 Å². The lowest BCUT2D eigenvalue weighted by molar-refractivity contribution is 0.146. The van der Waals surface area contributed by atoms with Crippen LogP contribution in [0.25, 0.3) is 0 Å². The number of carbonyl (C=O) groups is 1. The number of urea groups is 1. The molecule has 1 aliphatic heterocycles. The lowest BCUT2D eigenvalue weighted by atomic mass is 9.92. The second-order valence-electron chi connectivity index (χ2n) is 6.31. The molecule has 4 heteroatoms. The highest BCUT2D eigenvalue weighted by atomic mass is 16.5. The first kappa shape index (κ1) is 15.7. The van der Waals surface area contributed by atoms with E-state index in [4.69, 9.17) is 4.74 Å². The van der Waals surface area contributed by atoms with Crippen molar-refractivity contribution in [2.24, 2.45) is 11.8 Å². The van der Waals surface area contributed by atoms with Crippen molar-refractivity contribution in [2.45, 2.75) is 33.7 Å². The van der Waals surface area contributed by atoms with Crippen molar-refractivity contribution in [3.63, 3.8) is 0 Å². The molecule has 1 fully saturated rings. The van der Waals surface area contributed by atoms with Gasteiger partial charge < -0.3 is 15.0 Å². The van der Waals surface area contributed by atoms with Crippen LogP contribution in [0.15, 0.2) is 18.2 Å². The highest BCUT2D eigenvalue weighted by Gasteiger charge is 2.25. The number of piperidine rings is 1. The number of rotatable bonds is 3. The summed E-state index contributed by atoms with van der Waals surface area (Å²) in [6.45, 7) is 8.68. The van der Waals surface area contributed by atoms with E-state index in [9.17, 15) is 4.79 Å². The first-order chi connectivity index (χ1) is 9.99. The van der Waals surface area contributed by atoms with Crippen LogP contribution in [0.4, 0.5) is 4.79 Å². The van der Waals surface area contributed by atoms with E-state index in [0.29, 0.717) is 18.4 Å². The standard InChI is InChI=1S/C17H26N2O2/c1-12-7-13(2)11-19(10-12)17(20)18-9-15-6-5-14(3)16(8-15)21-4/h5-6,8,12-13H,7,9-11H2,1-4H3,(H,18,20). The summed E-state index contributed by atoms with van der Waals surface area (Å²) in [6.07, 6.45) is 1.21. The van der Waals surface area contributed by atoms with E-state index in [-0.39, 0.29) is 6.03 Å². The zero-order chi connectivity index (χ0) is 15.4. The van der Waals surface area contributed by atoms with E-state index >= 15 is 0 Å². The molecule has 0 spiro atoms. The van der Waals surface area contributed by atoms with Gasteiger partial charge in [0.15, 0.2) is 0 Å². The molecule has 1 aliphatic rings. The van der Waals surface area contributed by atoms with Crippen LogP contribution >= 0.6 is 0 Å². The van der Waals surface area contributed by atoms with Crippen LogP contribution in [0.1, 0.15) is 31.4 Å². The van der Waals surface area contributed by atoms with Gasteiger partial charge in [-0.25, -0.2) is 4.79 Å². The molecule has 1 aromatic carbocycles. The molecule has 4 nitrogen and oxygen atoms in total. The molecule has 2 rings (SSSR count). The van der Waals surface area contributed by atoms with Gasteiger partial charge in [0.05, 0.1) is 7.11 Å². The Hall–Kier alpha value is -1.71. The number of methoxy groups -OCH3 is 1. The maximum Gasteiger partial charge on any atom is 0.317 e. The largest absolute Gasteiger partial charge is 0.496 e. The minimum Gasteiger partial charge on any atom is -0.496 e. The Morgan fingerprint density at radius 2 is 2.00 bits per heavy atom. The molecule has 1 aromatic rings. The summed E-state index contributed by atoms with van der Waals surface area (Å²) in [6, 6.07) is 6.06. The molecule has 2 atom stereocenters. The van der Waals surface area contributed by atoms with Gasteiger partial charge in [0.1, 0.15) is 5.75 Å². The zero-order valence-corrected chi connectivity index (χ0v) is 13.5. The highest BCUT2D eigenvalue weighted by Crippen LogP contribution is 2.21. The molecular weight excluding hydrogens is 264 g/mol. The molecule has 0 bridgehead atoms. The van der Waals surface area contributed by atoms with Crippen molar-refractivity contribution in [1.29, 1.82) is 0 Å². The van der Waals surface area contributed by atoms with Crippen LogP contribution in [0.3, 0.4) is 0 Å². The highest BCUT2D eigenvalue weighted by molar-refractivity contribution is 5.74. The van der Waals surface area contributed by atoms with Gasteiger partial charge in [0.25, 0.3) is 0 Å². The van der Waals surface area contributed by atoms with Crippen LogP contribution in [0, 0.1) is 18.8 Å². The number of likely N-dealkylation sites (tertiary alicyclic amines) is 1. The van der Waals surface area contributed by atoms with Crippen molar-refractivity contribution in [2.75, 3.05) is 20.2 Å². The minimum absolute atomic E-state index is 0.0351. The van der Waals surface area contributed by atoms with Gasteiger partial charge in [0, 0.05) is 19.6 Å². The monoisotopic (exact) mass is 290 g/mol. The predicted molar refractivity (Wildman–Crippen MR) is 84.5 cm³/mol. The summed E-state index contributed by atoms with van der Waals surface area (Å²) in [5.41, 5.74) is 2.16. The average molecular weight is 290 g/mol. The summed E-state index contributed by atoms with van der Waals surface area (Å²) in [5, 5.41) is 3.01. The fraction of sp³-hybridized carbons (Fsp3) is 0.588. The van der Waals surface area contributed by atoms with Crippen LogP contribution in [0.2, 0.25) is 0 Å². The fourth-order valence-electron chi connectivity index (χ4n) is 3.09. The van der Waals surface area contributed by atoms with Gasteiger partial charge in [-0.2, -0.15) is 0 Å². The molecule has 2 amide bonds. The van der Waals surface area contributed by atoms with Gasteiger partial charge in [-0.15, -0.1) is 0 Å². The van der Waals surface area contributed by atoms with Crippen LogP contribution < -0.4 is 10.1 Å². The molecule has 0 aliphatic carbocycles. The first-order valence-corrected chi connectivity index (χ1v) is 7.66. The van der Waals surface area contributed by atoms with E-state index in [1.54, 1.807) is 7.11 Å². The third-order valence-electron chi connectivity index (χ3n) is 4.07. The predicted octanol–water partition coefficient (Wildman–Crippen LogP) is 3.19. The molecule has 2 unspecified atom stereocenters. The second-order valence-corrected chi connectivity index (χ2v) is 6.31. The summed E-state index contributed by atoms with van der Waals surface area (Å²) >= 11 is 0. The molecular formula is C17H26N2O2. The van der Waals surface area contributed by atoms with Crippen molar-refractivity contribution in [3.05, 3.63) is 29.3 Å². The number of amides is 2. The van der Waals surface area contributed by atoms with Gasteiger partial charge >= 0.3 is 6.03 Å². The Kier molecular flexibility index (Phi) is 5.10. The molecule has 21 heavy (non-hydrogen) atoms. The number of benzene rings is 1. The number of aryl methyl sites for hydroxylation is 1. The first-order valence-electron chi connectivity index (χ1n) is 7.66. The third kappa shape index (κ3) is 4.13. The Morgan fingerprint density at radius 1 is 1.33 bits per heavy atom. The molecule has 116 valence electrons. The van der Waals surface area contributed by atoms with E-state index < -0.39 is 0 Å². The maximum atomic E-state index is 12.3. The number of nitrogens with one attached hydrogen (secondary N) is 1. The number of ether oxygens (including phenoxy) is 1. The Morgan fingerprint density at radius 3 is 2.62 bits per heavy atom. The molecule has 1 heterocycles. The lowest BCUT2D eigenvalue weighted by Crippen LogP contribution is -2.47. The number of hydrogen-bond donors (Lipinski definition) is 1. The maximum absolute atomic E-state index is 12.3. The van der Waals surface area contributed by atoms with Crippen molar-refractivity contribution in [3.8, 4) is 5.75 Å². The van der Waals surface area contributed by atoms with Crippen molar-refractivity contribution in [1.82, 2.24) is 10.2 Å². The number of nitrogens with zero attached hydrogens (tertiary/aromatic N) is 1. The number of hydrogen-bond acceptors (Lipinski definition) is 2. The molecule has 0 aromatic heterocycles. The van der Waals surface area contributed by atoms with Gasteiger partial charge in [-0.05, 0) is 42.4 Å². The lowest BCUT2D eigenvalue weighted by Gasteiger charge is -2.34. The zero-order valence-electron chi connectivity index (χ0n) is 13.5. The molecule has 0 saturated carbocycles. The van der Waals surface area contributed by atoms with Crippen molar-refractivity contribution < 1.29 is 9.53 Å².